The molecule has 8 nitrogen and oxygen atoms in total. The van der Waals surface area contributed by atoms with Gasteiger partial charge in [-0.1, -0.05) is 30.3 Å². The topological polar surface area (TPSA) is 103 Å². The zero-order chi connectivity index (χ0) is 20.9. The summed E-state index contributed by atoms with van der Waals surface area (Å²) in [7, 11) is 1.55. The van der Waals surface area contributed by atoms with E-state index in [-0.39, 0.29) is 26.1 Å². The first-order valence-corrected chi connectivity index (χ1v) is 9.11. The maximum Gasteiger partial charge on any atom is 0.306 e. The van der Waals surface area contributed by atoms with Gasteiger partial charge in [0, 0.05) is 12.8 Å². The molecule has 0 atom stereocenters. The van der Waals surface area contributed by atoms with Gasteiger partial charge in [-0.05, 0) is 29.8 Å². The molecule has 0 radical (unpaired) electrons. The number of amides is 2. The van der Waals surface area contributed by atoms with Gasteiger partial charge in [0.1, 0.15) is 11.5 Å². The highest BCUT2D eigenvalue weighted by Gasteiger charge is 2.10. The van der Waals surface area contributed by atoms with E-state index in [0.29, 0.717) is 17.9 Å². The van der Waals surface area contributed by atoms with Crippen LogP contribution in [0, 0.1) is 0 Å². The number of ether oxygens (including phenoxy) is 3. The minimum absolute atomic E-state index is 0.0706. The van der Waals surface area contributed by atoms with Crippen molar-refractivity contribution in [3.8, 4) is 11.5 Å². The van der Waals surface area contributed by atoms with Gasteiger partial charge in [0.05, 0.1) is 20.1 Å². The monoisotopic (exact) mass is 400 g/mol. The van der Waals surface area contributed by atoms with Crippen LogP contribution in [0.5, 0.6) is 11.5 Å². The fourth-order valence-electron chi connectivity index (χ4n) is 2.27. The number of hydrogen-bond acceptors (Lipinski definition) is 6. The number of hydrazine groups is 1. The summed E-state index contributed by atoms with van der Waals surface area (Å²) in [6.45, 7) is -0.0158. The van der Waals surface area contributed by atoms with Crippen molar-refractivity contribution in [3.05, 3.63) is 60.2 Å². The summed E-state index contributed by atoms with van der Waals surface area (Å²) in [5.41, 5.74) is 5.52. The fraction of sp³-hybridized carbons (Fsp3) is 0.286. The van der Waals surface area contributed by atoms with Crippen molar-refractivity contribution in [2.75, 3.05) is 20.3 Å². The Morgan fingerprint density at radius 3 is 2.17 bits per heavy atom. The molecular weight excluding hydrogens is 376 g/mol. The van der Waals surface area contributed by atoms with E-state index in [1.54, 1.807) is 31.4 Å². The Balaban J connectivity index is 1.54. The van der Waals surface area contributed by atoms with Crippen molar-refractivity contribution >= 4 is 17.8 Å². The third kappa shape index (κ3) is 8.79. The molecule has 2 N–H and O–H groups in total. The van der Waals surface area contributed by atoms with E-state index in [0.717, 1.165) is 5.56 Å². The first-order chi connectivity index (χ1) is 14.1. The Bertz CT molecular complexity index is 793. The molecular formula is C21H24N2O6. The maximum atomic E-state index is 11.7. The lowest BCUT2D eigenvalue weighted by Crippen LogP contribution is -2.43. The summed E-state index contributed by atoms with van der Waals surface area (Å²) in [6.07, 6.45) is 0.450. The van der Waals surface area contributed by atoms with E-state index in [2.05, 4.69) is 10.9 Å². The van der Waals surface area contributed by atoms with Gasteiger partial charge in [0.25, 0.3) is 5.91 Å². The summed E-state index contributed by atoms with van der Waals surface area (Å²) >= 11 is 0. The molecule has 0 saturated heterocycles. The second kappa shape index (κ2) is 12.0. The Morgan fingerprint density at radius 1 is 0.828 bits per heavy atom. The van der Waals surface area contributed by atoms with Gasteiger partial charge in [-0.3, -0.25) is 25.2 Å². The van der Waals surface area contributed by atoms with Crippen molar-refractivity contribution in [1.82, 2.24) is 10.9 Å². The van der Waals surface area contributed by atoms with Crippen LogP contribution in [0.2, 0.25) is 0 Å². The third-order valence-electron chi connectivity index (χ3n) is 3.82. The third-order valence-corrected chi connectivity index (χ3v) is 3.82. The number of nitrogens with one attached hydrogen (secondary N) is 2. The average molecular weight is 400 g/mol. The van der Waals surface area contributed by atoms with Crippen molar-refractivity contribution in [2.24, 2.45) is 0 Å². The minimum Gasteiger partial charge on any atom is -0.497 e. The van der Waals surface area contributed by atoms with Gasteiger partial charge < -0.3 is 14.2 Å². The van der Waals surface area contributed by atoms with E-state index in [4.69, 9.17) is 14.2 Å². The van der Waals surface area contributed by atoms with Crippen LogP contribution in [0.25, 0.3) is 0 Å². The highest BCUT2D eigenvalue weighted by atomic mass is 16.5. The molecule has 2 aromatic rings. The number of esters is 1. The SMILES string of the molecule is COc1ccc(OCC(=O)NNC(=O)CCC(=O)OCCc2ccccc2)cc1. The predicted octanol–water partition coefficient (Wildman–Crippen LogP) is 1.79. The summed E-state index contributed by atoms with van der Waals surface area (Å²) in [4.78, 5) is 35.1. The lowest BCUT2D eigenvalue weighted by molar-refractivity contribution is -0.145. The molecule has 0 spiro atoms. The van der Waals surface area contributed by atoms with E-state index >= 15 is 0 Å². The van der Waals surface area contributed by atoms with E-state index < -0.39 is 17.8 Å². The normalized spacial score (nSPS) is 9.97. The van der Waals surface area contributed by atoms with Crippen LogP contribution < -0.4 is 20.3 Å². The molecule has 29 heavy (non-hydrogen) atoms. The summed E-state index contributed by atoms with van der Waals surface area (Å²) in [6, 6.07) is 16.4. The summed E-state index contributed by atoms with van der Waals surface area (Å²) in [5, 5.41) is 0. The first kappa shape index (κ1) is 21.7. The molecule has 0 unspecified atom stereocenters. The standard InChI is InChI=1S/C21H24N2O6/c1-27-17-7-9-18(10-8-17)29-15-20(25)23-22-19(24)11-12-21(26)28-14-13-16-5-3-2-4-6-16/h2-10H,11-15H2,1H3,(H,22,24)(H,23,25). The van der Waals surface area contributed by atoms with E-state index in [1.807, 2.05) is 30.3 Å². The Morgan fingerprint density at radius 2 is 1.48 bits per heavy atom. The van der Waals surface area contributed by atoms with Gasteiger partial charge in [-0.15, -0.1) is 0 Å². The Labute approximate surface area is 169 Å². The van der Waals surface area contributed by atoms with E-state index in [1.165, 1.54) is 0 Å². The molecule has 0 heterocycles. The number of rotatable bonds is 10. The zero-order valence-corrected chi connectivity index (χ0v) is 16.2. The molecule has 0 aliphatic carbocycles. The van der Waals surface area contributed by atoms with Crippen molar-refractivity contribution in [2.45, 2.75) is 19.3 Å². The number of hydrogen-bond donors (Lipinski definition) is 2. The van der Waals surface area contributed by atoms with Crippen LogP contribution in [-0.4, -0.2) is 38.1 Å². The van der Waals surface area contributed by atoms with Crippen molar-refractivity contribution < 1.29 is 28.6 Å². The number of benzene rings is 2. The molecule has 0 fully saturated rings. The van der Waals surface area contributed by atoms with Crippen LogP contribution in [-0.2, 0) is 25.5 Å². The van der Waals surface area contributed by atoms with Gasteiger partial charge in [-0.25, -0.2) is 0 Å². The van der Waals surface area contributed by atoms with Crippen molar-refractivity contribution in [3.63, 3.8) is 0 Å². The number of carbonyl (C=O) groups excluding carboxylic acids is 3. The van der Waals surface area contributed by atoms with Crippen LogP contribution in [0.4, 0.5) is 0 Å². The van der Waals surface area contributed by atoms with E-state index in [9.17, 15) is 14.4 Å². The van der Waals surface area contributed by atoms with Crippen LogP contribution >= 0.6 is 0 Å². The molecule has 0 aliphatic rings. The maximum absolute atomic E-state index is 11.7. The van der Waals surface area contributed by atoms with Crippen LogP contribution in [0.1, 0.15) is 18.4 Å². The van der Waals surface area contributed by atoms with Gasteiger partial charge >= 0.3 is 5.97 Å². The molecule has 2 rings (SSSR count). The summed E-state index contributed by atoms with van der Waals surface area (Å²) < 4.78 is 15.4. The number of carbonyl (C=O) groups is 3. The van der Waals surface area contributed by atoms with Gasteiger partial charge in [0.2, 0.25) is 5.91 Å². The van der Waals surface area contributed by atoms with Crippen LogP contribution in [0.3, 0.4) is 0 Å². The molecule has 0 aromatic heterocycles. The molecule has 0 aliphatic heterocycles. The van der Waals surface area contributed by atoms with Crippen LogP contribution in [0.15, 0.2) is 54.6 Å². The highest BCUT2D eigenvalue weighted by Crippen LogP contribution is 2.16. The lowest BCUT2D eigenvalue weighted by atomic mass is 10.2. The second-order valence-corrected chi connectivity index (χ2v) is 6.02. The second-order valence-electron chi connectivity index (χ2n) is 6.02. The summed E-state index contributed by atoms with van der Waals surface area (Å²) in [5.74, 6) is -0.328. The molecule has 0 saturated carbocycles. The van der Waals surface area contributed by atoms with Crippen molar-refractivity contribution in [1.29, 1.82) is 0 Å². The number of methoxy groups -OCH3 is 1. The molecule has 2 amide bonds. The molecule has 154 valence electrons. The molecule has 2 aromatic carbocycles. The lowest BCUT2D eigenvalue weighted by Gasteiger charge is -2.09. The quantitative estimate of drug-likeness (QED) is 0.466. The predicted molar refractivity (Wildman–Crippen MR) is 105 cm³/mol. The zero-order valence-electron chi connectivity index (χ0n) is 16.2. The first-order valence-electron chi connectivity index (χ1n) is 9.11. The minimum atomic E-state index is -0.528. The highest BCUT2D eigenvalue weighted by molar-refractivity contribution is 5.84. The molecule has 0 bridgehead atoms. The Hall–Kier alpha value is -3.55. The van der Waals surface area contributed by atoms with Gasteiger partial charge in [0.15, 0.2) is 6.61 Å². The van der Waals surface area contributed by atoms with Gasteiger partial charge in [-0.2, -0.15) is 0 Å². The smallest absolute Gasteiger partial charge is 0.306 e. The Kier molecular flexibility index (Phi) is 9.01. The average Bonchev–Trinajstić information content (AvgIpc) is 2.76. The molecule has 8 heteroatoms. The largest absolute Gasteiger partial charge is 0.497 e. The fourth-order valence-corrected chi connectivity index (χ4v) is 2.27.